The van der Waals surface area contributed by atoms with E-state index >= 15 is 0 Å². The molecule has 4 heteroatoms. The van der Waals surface area contributed by atoms with E-state index in [9.17, 15) is 9.90 Å². The molecule has 0 aliphatic rings. The molecule has 0 radical (unpaired) electrons. The maximum Gasteiger partial charge on any atom is 0.310 e. The molecule has 3 nitrogen and oxygen atoms in total. The monoisotopic (exact) mass is 222 g/mol. The van der Waals surface area contributed by atoms with E-state index in [0.29, 0.717) is 0 Å². The summed E-state index contributed by atoms with van der Waals surface area (Å²) in [6, 6.07) is 7.11. The Bertz CT molecular complexity index is 502. The second kappa shape index (κ2) is 3.90. The Labute approximate surface area is 90.9 Å². The first kappa shape index (κ1) is 9.98. The Morgan fingerprint density at radius 2 is 2.27 bits per heavy atom. The standard InChI is InChI=1S/C11H10O3S/c1-14-11(13)6-9-4-7-2-3-8(12)5-10(7)15-9/h2-5,12H,6H2,1H3. The smallest absolute Gasteiger partial charge is 0.310 e. The van der Waals surface area contributed by atoms with Crippen LogP contribution < -0.4 is 0 Å². The third-order valence-corrected chi connectivity index (χ3v) is 3.20. The minimum Gasteiger partial charge on any atom is -0.508 e. The number of esters is 1. The van der Waals surface area contributed by atoms with Crippen molar-refractivity contribution < 1.29 is 14.6 Å². The molecule has 0 bridgehead atoms. The van der Waals surface area contributed by atoms with E-state index in [0.717, 1.165) is 15.0 Å². The summed E-state index contributed by atoms with van der Waals surface area (Å²) < 4.78 is 5.57. The van der Waals surface area contributed by atoms with Gasteiger partial charge in [0.15, 0.2) is 0 Å². The molecule has 2 aromatic rings. The SMILES string of the molecule is COC(=O)Cc1cc2ccc(O)cc2s1. The van der Waals surface area contributed by atoms with Crippen LogP contribution in [-0.2, 0) is 16.0 Å². The third-order valence-electron chi connectivity index (χ3n) is 2.10. The summed E-state index contributed by atoms with van der Waals surface area (Å²) in [6.07, 6.45) is 0.288. The average molecular weight is 222 g/mol. The number of ether oxygens (including phenoxy) is 1. The predicted molar refractivity (Wildman–Crippen MR) is 59.2 cm³/mol. The van der Waals surface area contributed by atoms with Crippen LogP contribution in [0.1, 0.15) is 4.88 Å². The van der Waals surface area contributed by atoms with Gasteiger partial charge in [-0.2, -0.15) is 0 Å². The van der Waals surface area contributed by atoms with Crippen LogP contribution in [0.4, 0.5) is 0 Å². The van der Waals surface area contributed by atoms with E-state index in [1.54, 1.807) is 12.1 Å². The summed E-state index contributed by atoms with van der Waals surface area (Å²) in [4.78, 5) is 12.0. The van der Waals surface area contributed by atoms with Crippen LogP contribution in [0.5, 0.6) is 5.75 Å². The zero-order chi connectivity index (χ0) is 10.8. The van der Waals surface area contributed by atoms with Gasteiger partial charge < -0.3 is 9.84 Å². The zero-order valence-corrected chi connectivity index (χ0v) is 9.00. The van der Waals surface area contributed by atoms with Crippen molar-refractivity contribution in [3.63, 3.8) is 0 Å². The summed E-state index contributed by atoms with van der Waals surface area (Å²) >= 11 is 1.49. The van der Waals surface area contributed by atoms with E-state index in [1.165, 1.54) is 18.4 Å². The number of benzene rings is 1. The number of aromatic hydroxyl groups is 1. The van der Waals surface area contributed by atoms with E-state index in [-0.39, 0.29) is 18.1 Å². The zero-order valence-electron chi connectivity index (χ0n) is 8.19. The maximum atomic E-state index is 11.1. The lowest BCUT2D eigenvalue weighted by atomic mass is 10.2. The van der Waals surface area contributed by atoms with Crippen molar-refractivity contribution in [3.05, 3.63) is 29.1 Å². The highest BCUT2D eigenvalue weighted by atomic mass is 32.1. The van der Waals surface area contributed by atoms with Crippen molar-refractivity contribution >= 4 is 27.4 Å². The van der Waals surface area contributed by atoms with Gasteiger partial charge in [0.2, 0.25) is 0 Å². The van der Waals surface area contributed by atoms with Crippen molar-refractivity contribution in [3.8, 4) is 5.75 Å². The fraction of sp³-hybridized carbons (Fsp3) is 0.182. The number of carbonyl (C=O) groups excluding carboxylic acids is 1. The van der Waals surface area contributed by atoms with Crippen LogP contribution in [0.2, 0.25) is 0 Å². The van der Waals surface area contributed by atoms with Crippen LogP contribution in [0.3, 0.4) is 0 Å². The summed E-state index contributed by atoms with van der Waals surface area (Å²) in [5.74, 6) is -0.000235. The fourth-order valence-electron chi connectivity index (χ4n) is 1.38. The van der Waals surface area contributed by atoms with Gasteiger partial charge in [0.25, 0.3) is 0 Å². The molecular weight excluding hydrogens is 212 g/mol. The van der Waals surface area contributed by atoms with Crippen molar-refractivity contribution in [2.75, 3.05) is 7.11 Å². The number of phenols is 1. The summed E-state index contributed by atoms with van der Waals surface area (Å²) in [7, 11) is 1.38. The third kappa shape index (κ3) is 2.10. The molecule has 0 amide bonds. The number of rotatable bonds is 2. The first-order valence-electron chi connectivity index (χ1n) is 4.47. The van der Waals surface area contributed by atoms with E-state index in [2.05, 4.69) is 4.74 Å². The van der Waals surface area contributed by atoms with Crippen molar-refractivity contribution in [2.45, 2.75) is 6.42 Å². The van der Waals surface area contributed by atoms with Gasteiger partial charge in [0.05, 0.1) is 13.5 Å². The maximum absolute atomic E-state index is 11.1. The van der Waals surface area contributed by atoms with Gasteiger partial charge in [-0.25, -0.2) is 0 Å². The molecule has 78 valence electrons. The van der Waals surface area contributed by atoms with Crippen LogP contribution in [0.25, 0.3) is 10.1 Å². The molecule has 0 unspecified atom stereocenters. The Hall–Kier alpha value is -1.55. The lowest BCUT2D eigenvalue weighted by molar-refractivity contribution is -0.139. The van der Waals surface area contributed by atoms with Gasteiger partial charge in [-0.3, -0.25) is 4.79 Å². The Balaban J connectivity index is 2.34. The molecule has 0 aliphatic heterocycles. The highest BCUT2D eigenvalue weighted by Crippen LogP contribution is 2.28. The molecule has 15 heavy (non-hydrogen) atoms. The highest BCUT2D eigenvalue weighted by molar-refractivity contribution is 7.19. The van der Waals surface area contributed by atoms with Crippen LogP contribution in [-0.4, -0.2) is 18.2 Å². The van der Waals surface area contributed by atoms with Gasteiger partial charge in [0.1, 0.15) is 5.75 Å². The molecule has 1 aromatic carbocycles. The lowest BCUT2D eigenvalue weighted by Crippen LogP contribution is -2.02. The molecule has 0 spiro atoms. The summed E-state index contributed by atoms with van der Waals surface area (Å²) in [5.41, 5.74) is 0. The molecule has 0 atom stereocenters. The number of phenolic OH excluding ortho intramolecular Hbond substituents is 1. The van der Waals surface area contributed by atoms with Gasteiger partial charge in [-0.05, 0) is 29.7 Å². The number of hydrogen-bond donors (Lipinski definition) is 1. The molecule has 2 rings (SSSR count). The molecule has 0 saturated carbocycles. The van der Waals surface area contributed by atoms with Gasteiger partial charge in [0, 0.05) is 9.58 Å². The number of carbonyl (C=O) groups is 1. The van der Waals surface area contributed by atoms with Crippen molar-refractivity contribution in [1.29, 1.82) is 0 Å². The number of thiophene rings is 1. The van der Waals surface area contributed by atoms with Crippen LogP contribution >= 0.6 is 11.3 Å². The minimum absolute atomic E-state index is 0.244. The van der Waals surface area contributed by atoms with Gasteiger partial charge >= 0.3 is 5.97 Å². The number of fused-ring (bicyclic) bond motifs is 1. The Morgan fingerprint density at radius 1 is 1.47 bits per heavy atom. The molecule has 0 fully saturated rings. The molecule has 0 aliphatic carbocycles. The normalized spacial score (nSPS) is 10.5. The average Bonchev–Trinajstić information content (AvgIpc) is 2.59. The lowest BCUT2D eigenvalue weighted by Gasteiger charge is -1.93. The van der Waals surface area contributed by atoms with Crippen LogP contribution in [0, 0.1) is 0 Å². The number of hydrogen-bond acceptors (Lipinski definition) is 4. The second-order valence-corrected chi connectivity index (χ2v) is 4.36. The topological polar surface area (TPSA) is 46.5 Å². The molecule has 1 N–H and O–H groups in total. The van der Waals surface area contributed by atoms with Gasteiger partial charge in [-0.15, -0.1) is 11.3 Å². The first-order chi connectivity index (χ1) is 7.19. The summed E-state index contributed by atoms with van der Waals surface area (Å²) in [5, 5.41) is 10.3. The number of methoxy groups -OCH3 is 1. The largest absolute Gasteiger partial charge is 0.508 e. The molecule has 0 saturated heterocycles. The molecule has 1 heterocycles. The minimum atomic E-state index is -0.245. The van der Waals surface area contributed by atoms with E-state index in [1.807, 2.05) is 12.1 Å². The van der Waals surface area contributed by atoms with Crippen LogP contribution in [0.15, 0.2) is 24.3 Å². The fourth-order valence-corrected chi connectivity index (χ4v) is 2.46. The van der Waals surface area contributed by atoms with Crippen molar-refractivity contribution in [2.24, 2.45) is 0 Å². The second-order valence-electron chi connectivity index (χ2n) is 3.19. The molecule has 1 aromatic heterocycles. The quantitative estimate of drug-likeness (QED) is 0.793. The Morgan fingerprint density at radius 3 is 3.00 bits per heavy atom. The predicted octanol–water partition coefficient (Wildman–Crippen LogP) is 2.32. The highest BCUT2D eigenvalue weighted by Gasteiger charge is 2.07. The summed E-state index contributed by atoms with van der Waals surface area (Å²) in [6.45, 7) is 0. The van der Waals surface area contributed by atoms with E-state index in [4.69, 9.17) is 0 Å². The van der Waals surface area contributed by atoms with E-state index < -0.39 is 0 Å². The molecular formula is C11H10O3S. The van der Waals surface area contributed by atoms with Crippen molar-refractivity contribution in [1.82, 2.24) is 0 Å². The first-order valence-corrected chi connectivity index (χ1v) is 5.29. The Kier molecular flexibility index (Phi) is 2.60. The van der Waals surface area contributed by atoms with Gasteiger partial charge in [-0.1, -0.05) is 0 Å².